The smallest absolute Gasteiger partial charge is 0.191 e. The molecule has 0 saturated carbocycles. The minimum absolute atomic E-state index is 0.212. The van der Waals surface area contributed by atoms with Crippen molar-refractivity contribution in [2.24, 2.45) is 10.7 Å². The van der Waals surface area contributed by atoms with Crippen LogP contribution < -0.4 is 15.5 Å². The zero-order valence-corrected chi connectivity index (χ0v) is 16.5. The van der Waals surface area contributed by atoms with E-state index in [1.807, 2.05) is 24.4 Å². The lowest BCUT2D eigenvalue weighted by molar-refractivity contribution is 0.122. The molecule has 0 bridgehead atoms. The Morgan fingerprint density at radius 1 is 1.00 bits per heavy atom. The zero-order chi connectivity index (χ0) is 20.1. The molecule has 2 aromatic rings. The molecule has 7 nitrogen and oxygen atoms in total. The van der Waals surface area contributed by atoms with Crippen LogP contribution in [0.4, 0.5) is 15.9 Å². The average molecular weight is 398 g/mol. The molecule has 29 heavy (non-hydrogen) atoms. The molecule has 2 fully saturated rings. The summed E-state index contributed by atoms with van der Waals surface area (Å²) in [5.41, 5.74) is 8.39. The van der Waals surface area contributed by atoms with E-state index in [0.29, 0.717) is 12.5 Å². The van der Waals surface area contributed by atoms with Crippen LogP contribution in [0.1, 0.15) is 5.56 Å². The van der Waals surface area contributed by atoms with Crippen molar-refractivity contribution >= 4 is 17.5 Å². The summed E-state index contributed by atoms with van der Waals surface area (Å²) in [5, 5.41) is 0. The molecule has 2 aliphatic heterocycles. The van der Waals surface area contributed by atoms with E-state index < -0.39 is 0 Å². The van der Waals surface area contributed by atoms with Gasteiger partial charge in [0.1, 0.15) is 11.6 Å². The minimum Gasteiger partial charge on any atom is -0.378 e. The molecule has 0 amide bonds. The van der Waals surface area contributed by atoms with Crippen molar-refractivity contribution in [1.82, 2.24) is 9.88 Å². The Labute approximate surface area is 170 Å². The van der Waals surface area contributed by atoms with E-state index in [1.165, 1.54) is 12.1 Å². The standard InChI is InChI=1S/C21H27FN6O/c22-18-3-5-19(6-4-18)26-8-10-28(11-9-26)21(23)25-16-17-2-1-7-24-20(17)27-12-14-29-15-13-27/h1-7H,8-16H2,(H2,23,25). The summed E-state index contributed by atoms with van der Waals surface area (Å²) in [5.74, 6) is 1.31. The number of nitrogens with two attached hydrogens (primary N) is 1. The van der Waals surface area contributed by atoms with Crippen molar-refractivity contribution < 1.29 is 9.13 Å². The largest absolute Gasteiger partial charge is 0.378 e. The summed E-state index contributed by atoms with van der Waals surface area (Å²) < 4.78 is 18.6. The van der Waals surface area contributed by atoms with Crippen molar-refractivity contribution in [1.29, 1.82) is 0 Å². The highest BCUT2D eigenvalue weighted by atomic mass is 19.1. The van der Waals surface area contributed by atoms with Gasteiger partial charge in [0, 0.05) is 56.7 Å². The lowest BCUT2D eigenvalue weighted by atomic mass is 10.2. The van der Waals surface area contributed by atoms with Crippen LogP contribution >= 0.6 is 0 Å². The van der Waals surface area contributed by atoms with Crippen molar-refractivity contribution in [3.05, 3.63) is 54.0 Å². The second kappa shape index (κ2) is 9.09. The topological polar surface area (TPSA) is 70.2 Å². The Hall–Kier alpha value is -2.87. The fourth-order valence-corrected chi connectivity index (χ4v) is 3.73. The summed E-state index contributed by atoms with van der Waals surface area (Å²) in [6, 6.07) is 10.6. The Morgan fingerprint density at radius 3 is 2.45 bits per heavy atom. The number of halogens is 1. The van der Waals surface area contributed by atoms with Crippen LogP contribution in [0.25, 0.3) is 0 Å². The minimum atomic E-state index is -0.212. The van der Waals surface area contributed by atoms with Crippen LogP contribution in [0.3, 0.4) is 0 Å². The molecule has 0 spiro atoms. The molecule has 4 rings (SSSR count). The number of guanidine groups is 1. The van der Waals surface area contributed by atoms with Gasteiger partial charge in [-0.05, 0) is 30.3 Å². The lowest BCUT2D eigenvalue weighted by Crippen LogP contribution is -2.51. The number of hydrogen-bond donors (Lipinski definition) is 1. The van der Waals surface area contributed by atoms with Crippen molar-refractivity contribution in [3.8, 4) is 0 Å². The molecule has 1 aromatic heterocycles. The number of pyridine rings is 1. The van der Waals surface area contributed by atoms with Gasteiger partial charge in [0.25, 0.3) is 0 Å². The first-order chi connectivity index (χ1) is 14.2. The first-order valence-corrected chi connectivity index (χ1v) is 10.0. The second-order valence-corrected chi connectivity index (χ2v) is 7.21. The van der Waals surface area contributed by atoms with Crippen LogP contribution in [-0.2, 0) is 11.3 Å². The molecular weight excluding hydrogens is 371 g/mol. The van der Waals surface area contributed by atoms with Gasteiger partial charge in [0.2, 0.25) is 0 Å². The summed E-state index contributed by atoms with van der Waals surface area (Å²) in [6.07, 6.45) is 1.82. The highest BCUT2D eigenvalue weighted by Crippen LogP contribution is 2.20. The van der Waals surface area contributed by atoms with Crippen LogP contribution in [0.5, 0.6) is 0 Å². The van der Waals surface area contributed by atoms with Crippen molar-refractivity contribution in [2.75, 3.05) is 62.3 Å². The van der Waals surface area contributed by atoms with Gasteiger partial charge in [-0.2, -0.15) is 0 Å². The van der Waals surface area contributed by atoms with Gasteiger partial charge >= 0.3 is 0 Å². The summed E-state index contributed by atoms with van der Waals surface area (Å²) in [6.45, 7) is 6.86. The van der Waals surface area contributed by atoms with Crippen LogP contribution in [-0.4, -0.2) is 68.3 Å². The Balaban J connectivity index is 1.36. The van der Waals surface area contributed by atoms with E-state index in [2.05, 4.69) is 30.7 Å². The van der Waals surface area contributed by atoms with Gasteiger partial charge in [-0.15, -0.1) is 0 Å². The maximum atomic E-state index is 13.1. The van der Waals surface area contributed by atoms with Gasteiger partial charge in [0.15, 0.2) is 5.96 Å². The van der Waals surface area contributed by atoms with Gasteiger partial charge in [-0.3, -0.25) is 0 Å². The van der Waals surface area contributed by atoms with E-state index >= 15 is 0 Å². The third-order valence-corrected chi connectivity index (χ3v) is 5.38. The monoisotopic (exact) mass is 398 g/mol. The molecule has 2 N–H and O–H groups in total. The molecule has 0 atom stereocenters. The average Bonchev–Trinajstić information content (AvgIpc) is 2.79. The number of ether oxygens (including phenoxy) is 1. The lowest BCUT2D eigenvalue weighted by Gasteiger charge is -2.36. The second-order valence-electron chi connectivity index (χ2n) is 7.21. The van der Waals surface area contributed by atoms with E-state index in [-0.39, 0.29) is 5.82 Å². The number of aliphatic imine (C=N–C) groups is 1. The third-order valence-electron chi connectivity index (χ3n) is 5.38. The summed E-state index contributed by atoms with van der Waals surface area (Å²) in [7, 11) is 0. The van der Waals surface area contributed by atoms with Gasteiger partial charge in [-0.25, -0.2) is 14.4 Å². The predicted octanol–water partition coefficient (Wildman–Crippen LogP) is 1.69. The molecule has 154 valence electrons. The number of anilines is 2. The number of benzene rings is 1. The number of rotatable bonds is 4. The summed E-state index contributed by atoms with van der Waals surface area (Å²) >= 11 is 0. The first kappa shape index (κ1) is 19.4. The Kier molecular flexibility index (Phi) is 6.09. The Morgan fingerprint density at radius 2 is 1.72 bits per heavy atom. The van der Waals surface area contributed by atoms with E-state index in [4.69, 9.17) is 10.5 Å². The number of nitrogens with zero attached hydrogens (tertiary/aromatic N) is 5. The highest BCUT2D eigenvalue weighted by Gasteiger charge is 2.19. The molecule has 0 radical (unpaired) electrons. The van der Waals surface area contributed by atoms with Crippen LogP contribution in [0, 0.1) is 5.82 Å². The molecule has 0 unspecified atom stereocenters. The SMILES string of the molecule is NC(=NCc1cccnc1N1CCOCC1)N1CCN(c2ccc(F)cc2)CC1. The van der Waals surface area contributed by atoms with Crippen LogP contribution in [0.15, 0.2) is 47.6 Å². The van der Waals surface area contributed by atoms with E-state index in [1.54, 1.807) is 0 Å². The maximum Gasteiger partial charge on any atom is 0.191 e. The molecule has 8 heteroatoms. The van der Waals surface area contributed by atoms with E-state index in [9.17, 15) is 4.39 Å². The van der Waals surface area contributed by atoms with Gasteiger partial charge in [-0.1, -0.05) is 6.07 Å². The number of aromatic nitrogens is 1. The predicted molar refractivity (Wildman–Crippen MR) is 113 cm³/mol. The molecule has 3 heterocycles. The highest BCUT2D eigenvalue weighted by molar-refractivity contribution is 5.78. The zero-order valence-electron chi connectivity index (χ0n) is 16.5. The number of piperazine rings is 1. The maximum absolute atomic E-state index is 13.1. The number of morpholine rings is 1. The van der Waals surface area contributed by atoms with Crippen LogP contribution in [0.2, 0.25) is 0 Å². The third kappa shape index (κ3) is 4.76. The molecule has 1 aromatic carbocycles. The fraction of sp³-hybridized carbons (Fsp3) is 0.429. The molecule has 2 aliphatic rings. The first-order valence-electron chi connectivity index (χ1n) is 10.0. The quantitative estimate of drug-likeness (QED) is 0.624. The normalized spacial score (nSPS) is 18.2. The van der Waals surface area contributed by atoms with Gasteiger partial charge in [0.05, 0.1) is 19.8 Å². The number of hydrogen-bond acceptors (Lipinski definition) is 5. The van der Waals surface area contributed by atoms with Crippen molar-refractivity contribution in [2.45, 2.75) is 6.54 Å². The molecular formula is C21H27FN6O. The van der Waals surface area contributed by atoms with E-state index in [0.717, 1.165) is 69.6 Å². The molecule has 0 aliphatic carbocycles. The Bertz CT molecular complexity index is 829. The van der Waals surface area contributed by atoms with Crippen molar-refractivity contribution in [3.63, 3.8) is 0 Å². The molecule has 2 saturated heterocycles. The summed E-state index contributed by atoms with van der Waals surface area (Å²) in [4.78, 5) is 15.8. The van der Waals surface area contributed by atoms with Gasteiger partial charge < -0.3 is 25.2 Å². The fourth-order valence-electron chi connectivity index (χ4n) is 3.73.